The molecule has 3 nitrogen and oxygen atoms in total. The van der Waals surface area contributed by atoms with Gasteiger partial charge in [-0.25, -0.2) is 5.43 Å². The van der Waals surface area contributed by atoms with Crippen LogP contribution < -0.4 is 5.43 Å². The number of rotatable bonds is 3. The first-order valence-electron chi connectivity index (χ1n) is 9.25. The molecule has 2 bridgehead atoms. The van der Waals surface area contributed by atoms with E-state index in [2.05, 4.69) is 66.0 Å². The maximum absolute atomic E-state index is 11.9. The molecular formula is C22H22N2O. The van der Waals surface area contributed by atoms with E-state index in [9.17, 15) is 4.79 Å². The van der Waals surface area contributed by atoms with E-state index in [0.29, 0.717) is 17.8 Å². The molecule has 25 heavy (non-hydrogen) atoms. The highest BCUT2D eigenvalue weighted by Crippen LogP contribution is 2.55. The molecule has 0 spiro atoms. The van der Waals surface area contributed by atoms with E-state index in [1.807, 2.05) is 0 Å². The molecule has 4 aliphatic carbocycles. The molecule has 1 saturated carbocycles. The molecule has 0 aromatic heterocycles. The molecule has 0 radical (unpaired) electrons. The Labute approximate surface area is 148 Å². The molecule has 1 fully saturated rings. The Bertz CT molecular complexity index is 834. The largest absolute Gasteiger partial charge is 0.273 e. The van der Waals surface area contributed by atoms with Crippen LogP contribution in [-0.2, 0) is 4.79 Å². The molecule has 126 valence electrons. The molecule has 6 rings (SSSR count). The maximum atomic E-state index is 11.9. The predicted octanol–water partition coefficient (Wildman–Crippen LogP) is 4.19. The minimum absolute atomic E-state index is 0.0844. The summed E-state index contributed by atoms with van der Waals surface area (Å²) in [4.78, 5) is 11.9. The van der Waals surface area contributed by atoms with E-state index >= 15 is 0 Å². The van der Waals surface area contributed by atoms with Crippen molar-refractivity contribution in [2.75, 3.05) is 0 Å². The molecule has 2 aromatic rings. The van der Waals surface area contributed by atoms with Gasteiger partial charge in [0.15, 0.2) is 0 Å². The van der Waals surface area contributed by atoms with Crippen molar-refractivity contribution in [3.63, 3.8) is 0 Å². The molecule has 1 atom stereocenters. The van der Waals surface area contributed by atoms with Crippen LogP contribution in [0.5, 0.6) is 0 Å². The van der Waals surface area contributed by atoms with Gasteiger partial charge in [-0.1, -0.05) is 48.5 Å². The van der Waals surface area contributed by atoms with Crippen LogP contribution in [-0.4, -0.2) is 11.6 Å². The summed E-state index contributed by atoms with van der Waals surface area (Å²) in [5, 5.41) is 4.49. The van der Waals surface area contributed by atoms with Crippen LogP contribution in [0.1, 0.15) is 60.3 Å². The minimum Gasteiger partial charge on any atom is -0.273 e. The van der Waals surface area contributed by atoms with Crippen LogP contribution in [0.3, 0.4) is 0 Å². The Morgan fingerprint density at radius 1 is 0.960 bits per heavy atom. The first-order chi connectivity index (χ1) is 12.2. The number of carbonyl (C=O) groups excluding carboxylic acids is 1. The third-order valence-electron chi connectivity index (χ3n) is 6.13. The summed E-state index contributed by atoms with van der Waals surface area (Å²) < 4.78 is 0. The summed E-state index contributed by atoms with van der Waals surface area (Å²) in [7, 11) is 0. The Kier molecular flexibility index (Phi) is 3.30. The van der Waals surface area contributed by atoms with Crippen LogP contribution in [0.15, 0.2) is 53.6 Å². The number of carbonyl (C=O) groups is 1. The van der Waals surface area contributed by atoms with Crippen LogP contribution in [0, 0.1) is 11.8 Å². The molecule has 0 aliphatic heterocycles. The molecule has 1 N–H and O–H groups in total. The number of nitrogens with one attached hydrogen (secondary N) is 1. The SMILES string of the molecule is C/C(=N/NC(=O)C1CC1)C1CC2c3ccccc3C1c1ccccc12. The number of hydrogen-bond acceptors (Lipinski definition) is 2. The molecule has 0 heterocycles. The lowest BCUT2D eigenvalue weighted by molar-refractivity contribution is -0.122. The van der Waals surface area contributed by atoms with E-state index in [1.54, 1.807) is 0 Å². The van der Waals surface area contributed by atoms with Crippen molar-refractivity contribution in [1.82, 2.24) is 5.43 Å². The van der Waals surface area contributed by atoms with E-state index < -0.39 is 0 Å². The van der Waals surface area contributed by atoms with E-state index in [0.717, 1.165) is 25.0 Å². The molecule has 1 unspecified atom stereocenters. The summed E-state index contributed by atoms with van der Waals surface area (Å²) >= 11 is 0. The molecule has 0 saturated heterocycles. The second-order valence-electron chi connectivity index (χ2n) is 7.63. The third-order valence-corrected chi connectivity index (χ3v) is 6.13. The van der Waals surface area contributed by atoms with Gasteiger partial charge in [0.05, 0.1) is 0 Å². The fourth-order valence-corrected chi connectivity index (χ4v) is 4.71. The highest BCUT2D eigenvalue weighted by atomic mass is 16.2. The number of hydrogen-bond donors (Lipinski definition) is 1. The standard InChI is InChI=1S/C22H22N2O/c1-13(23-24-22(25)14-10-11-14)19-12-20-15-6-2-4-8-17(15)21(19)18-9-5-3-7-16(18)20/h2-9,14,19-21H,10-12H2,1H3,(H,24,25)/b23-13-. The van der Waals surface area contributed by atoms with Gasteiger partial charge < -0.3 is 0 Å². The number of nitrogens with zero attached hydrogens (tertiary/aromatic N) is 1. The van der Waals surface area contributed by atoms with Crippen molar-refractivity contribution >= 4 is 11.6 Å². The first kappa shape index (κ1) is 14.9. The van der Waals surface area contributed by atoms with Gasteiger partial charge >= 0.3 is 0 Å². The Morgan fingerprint density at radius 2 is 1.52 bits per heavy atom. The van der Waals surface area contributed by atoms with E-state index in [1.165, 1.54) is 22.3 Å². The Balaban J connectivity index is 1.53. The van der Waals surface area contributed by atoms with Crippen LogP contribution in [0.4, 0.5) is 0 Å². The van der Waals surface area contributed by atoms with Gasteiger partial charge in [0, 0.05) is 29.4 Å². The minimum atomic E-state index is 0.0844. The van der Waals surface area contributed by atoms with Crippen molar-refractivity contribution < 1.29 is 4.79 Å². The van der Waals surface area contributed by atoms with Gasteiger partial charge in [0.25, 0.3) is 0 Å². The monoisotopic (exact) mass is 330 g/mol. The van der Waals surface area contributed by atoms with Gasteiger partial charge in [-0.2, -0.15) is 5.10 Å². The van der Waals surface area contributed by atoms with Crippen molar-refractivity contribution in [3.8, 4) is 0 Å². The maximum Gasteiger partial charge on any atom is 0.243 e. The highest BCUT2D eigenvalue weighted by molar-refractivity contribution is 5.89. The summed E-state index contributed by atoms with van der Waals surface area (Å²) in [6.07, 6.45) is 3.10. The van der Waals surface area contributed by atoms with Crippen molar-refractivity contribution in [2.24, 2.45) is 16.9 Å². The Hall–Kier alpha value is -2.42. The van der Waals surface area contributed by atoms with Gasteiger partial charge in [-0.15, -0.1) is 0 Å². The highest BCUT2D eigenvalue weighted by Gasteiger charge is 2.44. The average molecular weight is 330 g/mol. The summed E-state index contributed by atoms with van der Waals surface area (Å²) in [6, 6.07) is 17.7. The molecule has 2 aromatic carbocycles. The van der Waals surface area contributed by atoms with E-state index in [-0.39, 0.29) is 11.8 Å². The molecule has 3 heteroatoms. The van der Waals surface area contributed by atoms with Gasteiger partial charge in [0.2, 0.25) is 5.91 Å². The van der Waals surface area contributed by atoms with Crippen LogP contribution >= 0.6 is 0 Å². The fourth-order valence-electron chi connectivity index (χ4n) is 4.71. The first-order valence-corrected chi connectivity index (χ1v) is 9.25. The molecule has 4 aliphatic rings. The topological polar surface area (TPSA) is 41.5 Å². The zero-order valence-corrected chi connectivity index (χ0v) is 14.4. The summed E-state index contributed by atoms with van der Waals surface area (Å²) in [6.45, 7) is 2.07. The lowest BCUT2D eigenvalue weighted by atomic mass is 9.58. The zero-order valence-electron chi connectivity index (χ0n) is 14.4. The second-order valence-corrected chi connectivity index (χ2v) is 7.63. The lowest BCUT2D eigenvalue weighted by Crippen LogP contribution is -2.36. The van der Waals surface area contributed by atoms with Gasteiger partial charge in [0.1, 0.15) is 0 Å². The van der Waals surface area contributed by atoms with Crippen LogP contribution in [0.25, 0.3) is 0 Å². The van der Waals surface area contributed by atoms with E-state index in [4.69, 9.17) is 0 Å². The number of fused-ring (bicyclic) bond motifs is 1. The molecular weight excluding hydrogens is 308 g/mol. The zero-order chi connectivity index (χ0) is 17.0. The lowest BCUT2D eigenvalue weighted by Gasteiger charge is -2.45. The molecule has 1 amide bonds. The normalized spacial score (nSPS) is 26.8. The summed E-state index contributed by atoms with van der Waals surface area (Å²) in [5.41, 5.74) is 9.66. The average Bonchev–Trinajstić information content (AvgIpc) is 3.51. The number of amides is 1. The van der Waals surface area contributed by atoms with Gasteiger partial charge in [-0.05, 0) is 48.4 Å². The number of hydrazone groups is 1. The second kappa shape index (κ2) is 5.55. The number of benzene rings is 2. The summed E-state index contributed by atoms with van der Waals surface area (Å²) in [5.74, 6) is 1.42. The fraction of sp³-hybridized carbons (Fsp3) is 0.364. The van der Waals surface area contributed by atoms with Crippen molar-refractivity contribution in [3.05, 3.63) is 70.8 Å². The predicted molar refractivity (Wildman–Crippen MR) is 98.7 cm³/mol. The third kappa shape index (κ3) is 2.33. The quantitative estimate of drug-likeness (QED) is 0.665. The Morgan fingerprint density at radius 3 is 2.08 bits per heavy atom. The van der Waals surface area contributed by atoms with Crippen LogP contribution in [0.2, 0.25) is 0 Å². The smallest absolute Gasteiger partial charge is 0.243 e. The van der Waals surface area contributed by atoms with Crippen molar-refractivity contribution in [1.29, 1.82) is 0 Å². The van der Waals surface area contributed by atoms with Crippen molar-refractivity contribution in [2.45, 2.75) is 38.0 Å². The van der Waals surface area contributed by atoms with Gasteiger partial charge in [-0.3, -0.25) is 4.79 Å².